The average Bonchev–Trinajstić information content (AvgIpc) is 2.85. The van der Waals surface area contributed by atoms with E-state index in [4.69, 9.17) is 5.73 Å². The molecular formula is C11H20N4O. The molecule has 0 saturated carbocycles. The molecule has 0 saturated heterocycles. The standard InChI is InChI=1S/C11H20N4O/c1-3-11(4-2,7-12)8-13-10(16)9-5-6-14-15-9/h5-6H,3-4,7-8,12H2,1-2H3,(H,13,16)(H,14,15). The van der Waals surface area contributed by atoms with Crippen molar-refractivity contribution in [3.63, 3.8) is 0 Å². The molecule has 5 nitrogen and oxygen atoms in total. The molecule has 1 rings (SSSR count). The van der Waals surface area contributed by atoms with Gasteiger partial charge in [-0.3, -0.25) is 9.89 Å². The van der Waals surface area contributed by atoms with E-state index in [1.54, 1.807) is 12.3 Å². The second kappa shape index (κ2) is 5.65. The van der Waals surface area contributed by atoms with Crippen molar-refractivity contribution in [1.29, 1.82) is 0 Å². The molecule has 1 heterocycles. The number of nitrogens with two attached hydrogens (primary N) is 1. The molecule has 0 aliphatic heterocycles. The Hall–Kier alpha value is -1.36. The van der Waals surface area contributed by atoms with Gasteiger partial charge in [-0.1, -0.05) is 13.8 Å². The van der Waals surface area contributed by atoms with E-state index in [9.17, 15) is 4.79 Å². The fourth-order valence-electron chi connectivity index (χ4n) is 1.61. The van der Waals surface area contributed by atoms with Gasteiger partial charge in [0.05, 0.1) is 0 Å². The minimum absolute atomic E-state index is 0.00960. The number of amides is 1. The molecule has 0 atom stereocenters. The minimum Gasteiger partial charge on any atom is -0.350 e. The lowest BCUT2D eigenvalue weighted by Gasteiger charge is -2.30. The fourth-order valence-corrected chi connectivity index (χ4v) is 1.61. The predicted molar refractivity (Wildman–Crippen MR) is 63.0 cm³/mol. The topological polar surface area (TPSA) is 83.8 Å². The molecule has 90 valence electrons. The first-order valence-corrected chi connectivity index (χ1v) is 5.65. The Labute approximate surface area is 95.8 Å². The quantitative estimate of drug-likeness (QED) is 0.671. The molecule has 0 aliphatic rings. The van der Waals surface area contributed by atoms with Gasteiger partial charge in [0.25, 0.3) is 5.91 Å². The van der Waals surface area contributed by atoms with Crippen LogP contribution in [-0.4, -0.2) is 29.2 Å². The number of carbonyl (C=O) groups is 1. The van der Waals surface area contributed by atoms with Gasteiger partial charge in [0.2, 0.25) is 0 Å². The Balaban J connectivity index is 2.53. The van der Waals surface area contributed by atoms with E-state index in [0.29, 0.717) is 18.8 Å². The SMILES string of the molecule is CCC(CC)(CN)CNC(=O)c1ccn[nH]1. The summed E-state index contributed by atoms with van der Waals surface area (Å²) in [7, 11) is 0. The number of rotatable bonds is 6. The summed E-state index contributed by atoms with van der Waals surface area (Å²) in [6.07, 6.45) is 3.48. The van der Waals surface area contributed by atoms with Crippen molar-refractivity contribution in [1.82, 2.24) is 15.5 Å². The molecule has 5 heteroatoms. The third kappa shape index (κ3) is 2.82. The van der Waals surface area contributed by atoms with Crippen LogP contribution >= 0.6 is 0 Å². The van der Waals surface area contributed by atoms with Gasteiger partial charge in [0.1, 0.15) is 5.69 Å². The molecule has 1 aromatic rings. The maximum absolute atomic E-state index is 11.7. The number of hydrogen-bond acceptors (Lipinski definition) is 3. The van der Waals surface area contributed by atoms with E-state index in [1.165, 1.54) is 0 Å². The first kappa shape index (κ1) is 12.7. The summed E-state index contributed by atoms with van der Waals surface area (Å²) in [5.41, 5.74) is 6.26. The Bertz CT molecular complexity index is 308. The van der Waals surface area contributed by atoms with Gasteiger partial charge in [-0.05, 0) is 30.9 Å². The molecule has 0 fully saturated rings. The van der Waals surface area contributed by atoms with Crippen molar-refractivity contribution in [3.05, 3.63) is 18.0 Å². The highest BCUT2D eigenvalue weighted by Gasteiger charge is 2.25. The number of nitrogens with zero attached hydrogens (tertiary/aromatic N) is 1. The largest absolute Gasteiger partial charge is 0.350 e. The van der Waals surface area contributed by atoms with Crippen molar-refractivity contribution in [2.45, 2.75) is 26.7 Å². The lowest BCUT2D eigenvalue weighted by Crippen LogP contribution is -2.41. The second-order valence-electron chi connectivity index (χ2n) is 4.06. The lowest BCUT2D eigenvalue weighted by atomic mass is 9.82. The highest BCUT2D eigenvalue weighted by atomic mass is 16.1. The maximum Gasteiger partial charge on any atom is 0.269 e. The van der Waals surface area contributed by atoms with Crippen LogP contribution in [0.3, 0.4) is 0 Å². The monoisotopic (exact) mass is 224 g/mol. The molecule has 0 aliphatic carbocycles. The van der Waals surface area contributed by atoms with E-state index >= 15 is 0 Å². The number of H-pyrrole nitrogens is 1. The van der Waals surface area contributed by atoms with E-state index < -0.39 is 0 Å². The van der Waals surface area contributed by atoms with Crippen molar-refractivity contribution < 1.29 is 4.79 Å². The van der Waals surface area contributed by atoms with Crippen LogP contribution in [-0.2, 0) is 0 Å². The first-order chi connectivity index (χ1) is 7.67. The Morgan fingerprint density at radius 2 is 2.25 bits per heavy atom. The van der Waals surface area contributed by atoms with Gasteiger partial charge < -0.3 is 11.1 Å². The van der Waals surface area contributed by atoms with Crippen molar-refractivity contribution in [2.24, 2.45) is 11.1 Å². The van der Waals surface area contributed by atoms with E-state index in [-0.39, 0.29) is 11.3 Å². The van der Waals surface area contributed by atoms with Crippen LogP contribution < -0.4 is 11.1 Å². The van der Waals surface area contributed by atoms with E-state index in [0.717, 1.165) is 12.8 Å². The molecule has 1 aromatic heterocycles. The van der Waals surface area contributed by atoms with Crippen LogP contribution in [0.2, 0.25) is 0 Å². The number of aromatic nitrogens is 2. The van der Waals surface area contributed by atoms with Crippen LogP contribution in [0.25, 0.3) is 0 Å². The molecule has 0 aromatic carbocycles. The highest BCUT2D eigenvalue weighted by Crippen LogP contribution is 2.23. The fraction of sp³-hybridized carbons (Fsp3) is 0.636. The Kier molecular flexibility index (Phi) is 4.49. The number of aromatic amines is 1. The average molecular weight is 224 g/mol. The van der Waals surface area contributed by atoms with Gasteiger partial charge in [-0.25, -0.2) is 0 Å². The van der Waals surface area contributed by atoms with Crippen LogP contribution in [0.4, 0.5) is 0 Å². The van der Waals surface area contributed by atoms with Crippen LogP contribution in [0, 0.1) is 5.41 Å². The Morgan fingerprint density at radius 1 is 1.56 bits per heavy atom. The first-order valence-electron chi connectivity index (χ1n) is 5.65. The van der Waals surface area contributed by atoms with E-state index in [2.05, 4.69) is 29.4 Å². The van der Waals surface area contributed by atoms with E-state index in [1.807, 2.05) is 0 Å². The van der Waals surface area contributed by atoms with Crippen molar-refractivity contribution in [2.75, 3.05) is 13.1 Å². The summed E-state index contributed by atoms with van der Waals surface area (Å²) < 4.78 is 0. The molecule has 16 heavy (non-hydrogen) atoms. The summed E-state index contributed by atoms with van der Waals surface area (Å²) in [6, 6.07) is 1.65. The summed E-state index contributed by atoms with van der Waals surface area (Å²) in [5, 5.41) is 9.26. The molecule has 0 unspecified atom stereocenters. The molecular weight excluding hydrogens is 204 g/mol. The molecule has 4 N–H and O–H groups in total. The summed E-state index contributed by atoms with van der Waals surface area (Å²) >= 11 is 0. The zero-order valence-corrected chi connectivity index (χ0v) is 9.92. The van der Waals surface area contributed by atoms with Gasteiger partial charge in [0, 0.05) is 12.7 Å². The van der Waals surface area contributed by atoms with Crippen molar-refractivity contribution in [3.8, 4) is 0 Å². The molecule has 0 bridgehead atoms. The smallest absolute Gasteiger partial charge is 0.269 e. The highest BCUT2D eigenvalue weighted by molar-refractivity contribution is 5.92. The summed E-state index contributed by atoms with van der Waals surface area (Å²) in [6.45, 7) is 5.38. The second-order valence-corrected chi connectivity index (χ2v) is 4.06. The van der Waals surface area contributed by atoms with Crippen LogP contribution in [0.1, 0.15) is 37.2 Å². The number of carbonyl (C=O) groups excluding carboxylic acids is 1. The van der Waals surface area contributed by atoms with Gasteiger partial charge in [-0.15, -0.1) is 0 Å². The number of hydrogen-bond donors (Lipinski definition) is 3. The minimum atomic E-state index is -0.128. The third-order valence-electron chi connectivity index (χ3n) is 3.30. The van der Waals surface area contributed by atoms with Crippen LogP contribution in [0.5, 0.6) is 0 Å². The summed E-state index contributed by atoms with van der Waals surface area (Å²) in [4.78, 5) is 11.7. The summed E-state index contributed by atoms with van der Waals surface area (Å²) in [5.74, 6) is -0.128. The predicted octanol–water partition coefficient (Wildman–Crippen LogP) is 0.905. The molecule has 0 spiro atoms. The molecule has 1 amide bonds. The van der Waals surface area contributed by atoms with Gasteiger partial charge in [-0.2, -0.15) is 5.10 Å². The normalized spacial score (nSPS) is 11.4. The van der Waals surface area contributed by atoms with Crippen molar-refractivity contribution >= 4 is 5.91 Å². The number of nitrogens with one attached hydrogen (secondary N) is 2. The third-order valence-corrected chi connectivity index (χ3v) is 3.30. The van der Waals surface area contributed by atoms with Crippen LogP contribution in [0.15, 0.2) is 12.3 Å². The zero-order chi connectivity index (χ0) is 12.0. The van der Waals surface area contributed by atoms with Gasteiger partial charge >= 0.3 is 0 Å². The van der Waals surface area contributed by atoms with Gasteiger partial charge in [0.15, 0.2) is 0 Å². The maximum atomic E-state index is 11.7. The Morgan fingerprint density at radius 3 is 2.69 bits per heavy atom. The molecule has 0 radical (unpaired) electrons. The zero-order valence-electron chi connectivity index (χ0n) is 9.92. The lowest BCUT2D eigenvalue weighted by molar-refractivity contribution is 0.0923.